The van der Waals surface area contributed by atoms with Gasteiger partial charge < -0.3 is 11.1 Å². The zero-order chi connectivity index (χ0) is 13.4. The molecule has 0 amide bonds. The highest BCUT2D eigenvalue weighted by Crippen LogP contribution is 2.47. The molecule has 1 fully saturated rings. The largest absolute Gasteiger partial charge is 0.416 e. The van der Waals surface area contributed by atoms with E-state index in [4.69, 9.17) is 5.73 Å². The zero-order valence-electron chi connectivity index (χ0n) is 9.84. The highest BCUT2D eigenvalue weighted by atomic mass is 32.2. The number of nitrogens with one attached hydrogen (secondary N) is 1. The van der Waals surface area contributed by atoms with Crippen molar-refractivity contribution in [1.82, 2.24) is 4.98 Å². The maximum Gasteiger partial charge on any atom is 0.416 e. The number of thioether (sulfide) groups is 1. The summed E-state index contributed by atoms with van der Waals surface area (Å²) in [6.07, 6.45) is -0.238. The van der Waals surface area contributed by atoms with Crippen LogP contribution < -0.4 is 11.1 Å². The molecule has 0 unspecified atom stereocenters. The Morgan fingerprint density at radius 2 is 2.11 bits per heavy atom. The second-order valence-electron chi connectivity index (χ2n) is 4.40. The lowest BCUT2D eigenvalue weighted by molar-refractivity contribution is -0.137. The van der Waals surface area contributed by atoms with Crippen molar-refractivity contribution in [3.8, 4) is 0 Å². The van der Waals surface area contributed by atoms with Crippen LogP contribution in [0.1, 0.15) is 18.4 Å². The van der Waals surface area contributed by atoms with Crippen LogP contribution in [0, 0.1) is 0 Å². The topological polar surface area (TPSA) is 50.9 Å². The third-order valence-corrected chi connectivity index (χ3v) is 4.42. The van der Waals surface area contributed by atoms with Gasteiger partial charge in [0.2, 0.25) is 0 Å². The molecule has 1 aromatic heterocycles. The van der Waals surface area contributed by atoms with Crippen LogP contribution in [0.2, 0.25) is 0 Å². The van der Waals surface area contributed by atoms with E-state index in [1.165, 1.54) is 0 Å². The lowest BCUT2D eigenvalue weighted by Gasteiger charge is -2.15. The summed E-state index contributed by atoms with van der Waals surface area (Å²) in [7, 11) is 0. The van der Waals surface area contributed by atoms with Gasteiger partial charge in [-0.2, -0.15) is 24.9 Å². The average molecular weight is 277 g/mol. The first kappa shape index (κ1) is 13.3. The summed E-state index contributed by atoms with van der Waals surface area (Å²) < 4.78 is 37.9. The Hall–Kier alpha value is -1.11. The van der Waals surface area contributed by atoms with E-state index in [0.717, 1.165) is 25.0 Å². The maximum atomic E-state index is 12.6. The molecule has 18 heavy (non-hydrogen) atoms. The highest BCUT2D eigenvalue weighted by molar-refractivity contribution is 8.00. The molecule has 0 aliphatic heterocycles. The molecule has 1 heterocycles. The summed E-state index contributed by atoms with van der Waals surface area (Å²) in [5.41, 5.74) is 4.62. The number of hydrogen-bond donors (Lipinski definition) is 2. The van der Waals surface area contributed by atoms with Crippen LogP contribution in [-0.4, -0.2) is 22.5 Å². The van der Waals surface area contributed by atoms with Gasteiger partial charge in [0.05, 0.1) is 5.56 Å². The predicted octanol–water partition coefficient (Wildman–Crippen LogP) is 2.99. The molecule has 1 aromatic rings. The molecule has 0 aromatic carbocycles. The van der Waals surface area contributed by atoms with Crippen molar-refractivity contribution >= 4 is 23.4 Å². The van der Waals surface area contributed by atoms with Crippen LogP contribution in [0.4, 0.5) is 24.8 Å². The van der Waals surface area contributed by atoms with Gasteiger partial charge in [0.1, 0.15) is 11.6 Å². The minimum Gasteiger partial charge on any atom is -0.384 e. The Labute approximate surface area is 107 Å². The first-order chi connectivity index (χ1) is 8.35. The fourth-order valence-electron chi connectivity index (χ4n) is 1.65. The Morgan fingerprint density at radius 3 is 2.61 bits per heavy atom. The molecular weight excluding hydrogens is 263 g/mol. The van der Waals surface area contributed by atoms with Crippen molar-refractivity contribution in [3.05, 3.63) is 17.7 Å². The molecule has 0 saturated heterocycles. The Kier molecular flexibility index (Phi) is 3.35. The van der Waals surface area contributed by atoms with E-state index in [0.29, 0.717) is 6.54 Å². The van der Waals surface area contributed by atoms with E-state index in [-0.39, 0.29) is 16.4 Å². The summed E-state index contributed by atoms with van der Waals surface area (Å²) in [6, 6.07) is 1.83. The van der Waals surface area contributed by atoms with E-state index in [9.17, 15) is 13.2 Å². The van der Waals surface area contributed by atoms with E-state index in [1.54, 1.807) is 11.8 Å². The Morgan fingerprint density at radius 1 is 1.44 bits per heavy atom. The van der Waals surface area contributed by atoms with Gasteiger partial charge in [-0.15, -0.1) is 0 Å². The molecule has 1 saturated carbocycles. The normalized spacial score (nSPS) is 17.6. The van der Waals surface area contributed by atoms with Gasteiger partial charge in [-0.1, -0.05) is 0 Å². The van der Waals surface area contributed by atoms with Crippen LogP contribution in [0.5, 0.6) is 0 Å². The third kappa shape index (κ3) is 3.01. The molecule has 3 nitrogen and oxygen atoms in total. The Bertz CT molecular complexity index is 444. The molecule has 0 bridgehead atoms. The highest BCUT2D eigenvalue weighted by Gasteiger charge is 2.41. The number of alkyl halides is 3. The number of anilines is 2. The molecule has 0 radical (unpaired) electrons. The van der Waals surface area contributed by atoms with Crippen LogP contribution in [-0.2, 0) is 6.18 Å². The molecule has 0 atom stereocenters. The number of pyridine rings is 1. The SMILES string of the molecule is CSC1(CNc2cc(C(F)(F)F)cc(N)n2)CC1. The number of nitrogens with zero attached hydrogens (tertiary/aromatic N) is 1. The van der Waals surface area contributed by atoms with Gasteiger partial charge in [-0.3, -0.25) is 0 Å². The second-order valence-corrected chi connectivity index (χ2v) is 5.68. The first-order valence-electron chi connectivity index (χ1n) is 5.48. The Balaban J connectivity index is 2.11. The van der Waals surface area contributed by atoms with E-state index < -0.39 is 11.7 Å². The molecule has 7 heteroatoms. The van der Waals surface area contributed by atoms with E-state index in [2.05, 4.69) is 10.3 Å². The minimum absolute atomic E-state index is 0.124. The van der Waals surface area contributed by atoms with E-state index >= 15 is 0 Å². The van der Waals surface area contributed by atoms with Gasteiger partial charge in [-0.05, 0) is 31.2 Å². The number of halogens is 3. The van der Waals surface area contributed by atoms with Crippen LogP contribution in [0.25, 0.3) is 0 Å². The van der Waals surface area contributed by atoms with Crippen molar-refractivity contribution in [2.45, 2.75) is 23.8 Å². The molecule has 100 valence electrons. The third-order valence-electron chi connectivity index (χ3n) is 3.00. The summed E-state index contributed by atoms with van der Waals surface area (Å²) >= 11 is 1.73. The average Bonchev–Trinajstić information content (AvgIpc) is 3.05. The lowest BCUT2D eigenvalue weighted by Crippen LogP contribution is -2.19. The van der Waals surface area contributed by atoms with Crippen molar-refractivity contribution < 1.29 is 13.2 Å². The van der Waals surface area contributed by atoms with Gasteiger partial charge in [-0.25, -0.2) is 4.98 Å². The molecule has 0 spiro atoms. The molecule has 1 aliphatic rings. The second kappa shape index (κ2) is 4.53. The molecular formula is C11H14F3N3S. The summed E-state index contributed by atoms with van der Waals surface area (Å²) in [5.74, 6) is 0.0592. The van der Waals surface area contributed by atoms with Gasteiger partial charge in [0.25, 0.3) is 0 Å². The first-order valence-corrected chi connectivity index (χ1v) is 6.71. The van der Waals surface area contributed by atoms with Gasteiger partial charge in [0.15, 0.2) is 0 Å². The standard InChI is InChI=1S/C11H14F3N3S/c1-18-10(2-3-10)6-16-9-5-7(11(12,13)14)4-8(15)17-9/h4-5H,2-3,6H2,1H3,(H3,15,16,17). The molecule has 3 N–H and O–H groups in total. The molecule has 2 rings (SSSR count). The van der Waals surface area contributed by atoms with Gasteiger partial charge >= 0.3 is 6.18 Å². The summed E-state index contributed by atoms with van der Waals surface area (Å²) in [6.45, 7) is 0.613. The quantitative estimate of drug-likeness (QED) is 0.888. The summed E-state index contributed by atoms with van der Waals surface area (Å²) in [4.78, 5) is 3.87. The van der Waals surface area contributed by atoms with Crippen molar-refractivity contribution in [2.24, 2.45) is 0 Å². The minimum atomic E-state index is -4.40. The van der Waals surface area contributed by atoms with Crippen molar-refractivity contribution in [1.29, 1.82) is 0 Å². The fraction of sp³-hybridized carbons (Fsp3) is 0.545. The van der Waals surface area contributed by atoms with Crippen molar-refractivity contribution in [2.75, 3.05) is 23.9 Å². The molecule has 1 aliphatic carbocycles. The van der Waals surface area contributed by atoms with E-state index in [1.807, 2.05) is 6.26 Å². The zero-order valence-corrected chi connectivity index (χ0v) is 10.7. The lowest BCUT2D eigenvalue weighted by atomic mass is 10.2. The number of hydrogen-bond acceptors (Lipinski definition) is 4. The van der Waals surface area contributed by atoms with Crippen LogP contribution in [0.15, 0.2) is 12.1 Å². The number of nitrogen functional groups attached to an aromatic ring is 1. The smallest absolute Gasteiger partial charge is 0.384 e. The predicted molar refractivity (Wildman–Crippen MR) is 67.6 cm³/mol. The number of rotatable bonds is 4. The van der Waals surface area contributed by atoms with Gasteiger partial charge in [0, 0.05) is 11.3 Å². The monoisotopic (exact) mass is 277 g/mol. The van der Waals surface area contributed by atoms with Crippen LogP contribution in [0.3, 0.4) is 0 Å². The number of aromatic nitrogens is 1. The number of nitrogens with two attached hydrogens (primary N) is 1. The summed E-state index contributed by atoms with van der Waals surface area (Å²) in [5, 5.41) is 2.94. The fourth-order valence-corrected chi connectivity index (χ4v) is 2.38. The van der Waals surface area contributed by atoms with Crippen molar-refractivity contribution in [3.63, 3.8) is 0 Å². The van der Waals surface area contributed by atoms with Crippen LogP contribution >= 0.6 is 11.8 Å². The maximum absolute atomic E-state index is 12.6.